The number of H-pyrrole nitrogens is 1. The zero-order chi connectivity index (χ0) is 16.3. The minimum absolute atomic E-state index is 0.0709. The first-order chi connectivity index (χ1) is 11.0. The summed E-state index contributed by atoms with van der Waals surface area (Å²) in [4.78, 5) is 8.49. The van der Waals surface area contributed by atoms with Gasteiger partial charge < -0.3 is 5.32 Å². The molecular weight excluding hydrogens is 288 g/mol. The summed E-state index contributed by atoms with van der Waals surface area (Å²) >= 11 is 0. The number of imidazole rings is 1. The fraction of sp³-hybridized carbons (Fsp3) is 0.353. The number of hydrogen-bond donors (Lipinski definition) is 2. The van der Waals surface area contributed by atoms with Crippen LogP contribution in [0.15, 0.2) is 43.2 Å². The molecule has 0 aliphatic carbocycles. The molecule has 0 aliphatic heterocycles. The van der Waals surface area contributed by atoms with Gasteiger partial charge in [0.1, 0.15) is 12.1 Å². The first kappa shape index (κ1) is 15.4. The minimum Gasteiger partial charge on any atom is -0.308 e. The van der Waals surface area contributed by atoms with Gasteiger partial charge in [-0.25, -0.2) is 9.97 Å². The number of nitrogens with zero attached hydrogens (tertiary/aromatic N) is 4. The lowest BCUT2D eigenvalue weighted by atomic mass is 9.89. The van der Waals surface area contributed by atoms with Gasteiger partial charge in [0, 0.05) is 48.4 Å². The predicted octanol–water partition coefficient (Wildman–Crippen LogP) is 2.58. The summed E-state index contributed by atoms with van der Waals surface area (Å²) in [6, 6.07) is 4.08. The molecule has 0 bridgehead atoms. The zero-order valence-electron chi connectivity index (χ0n) is 13.7. The maximum atomic E-state index is 4.46. The van der Waals surface area contributed by atoms with Gasteiger partial charge in [-0.1, -0.05) is 26.8 Å². The van der Waals surface area contributed by atoms with E-state index < -0.39 is 0 Å². The topological polar surface area (TPSA) is 71.4 Å². The van der Waals surface area contributed by atoms with Crippen molar-refractivity contribution in [3.63, 3.8) is 0 Å². The van der Waals surface area contributed by atoms with Crippen molar-refractivity contribution >= 4 is 0 Å². The number of nitrogens with one attached hydrogen (secondary N) is 2. The number of hydrogen-bond acceptors (Lipinski definition) is 4. The predicted molar refractivity (Wildman–Crippen MR) is 89.2 cm³/mol. The quantitative estimate of drug-likeness (QED) is 0.760. The summed E-state index contributed by atoms with van der Waals surface area (Å²) in [6.45, 7) is 8.10. The Morgan fingerprint density at radius 1 is 1.17 bits per heavy atom. The Morgan fingerprint density at radius 2 is 2.04 bits per heavy atom. The Labute approximate surface area is 136 Å². The molecule has 3 heterocycles. The third-order valence-electron chi connectivity index (χ3n) is 3.69. The third-order valence-corrected chi connectivity index (χ3v) is 3.69. The SMILES string of the molecule is CC(C)(C)c1[nH]ncc1CNCc1ccc(-n2ccnc2)nc1. The molecule has 0 saturated heterocycles. The maximum absolute atomic E-state index is 4.46. The lowest BCUT2D eigenvalue weighted by Gasteiger charge is -2.18. The van der Waals surface area contributed by atoms with Crippen molar-refractivity contribution in [1.29, 1.82) is 0 Å². The molecule has 2 N–H and O–H groups in total. The molecule has 0 aromatic carbocycles. The summed E-state index contributed by atoms with van der Waals surface area (Å²) < 4.78 is 1.89. The normalized spacial score (nSPS) is 11.8. The van der Waals surface area contributed by atoms with Crippen molar-refractivity contribution in [2.75, 3.05) is 0 Å². The Kier molecular flexibility index (Phi) is 4.25. The largest absolute Gasteiger partial charge is 0.308 e. The van der Waals surface area contributed by atoms with Gasteiger partial charge in [0.15, 0.2) is 0 Å². The lowest BCUT2D eigenvalue weighted by Crippen LogP contribution is -2.19. The molecule has 3 aromatic rings. The van der Waals surface area contributed by atoms with Crippen LogP contribution >= 0.6 is 0 Å². The van der Waals surface area contributed by atoms with E-state index in [1.54, 1.807) is 12.5 Å². The summed E-state index contributed by atoms with van der Waals surface area (Å²) in [6.07, 6.45) is 9.16. The third kappa shape index (κ3) is 3.65. The molecule has 23 heavy (non-hydrogen) atoms. The Bertz CT molecular complexity index is 734. The Balaban J connectivity index is 1.58. The second-order valence-electron chi connectivity index (χ2n) is 6.62. The van der Waals surface area contributed by atoms with Crippen LogP contribution in [0.2, 0.25) is 0 Å². The average molecular weight is 310 g/mol. The van der Waals surface area contributed by atoms with Crippen LogP contribution in [0.5, 0.6) is 0 Å². The number of aromatic nitrogens is 5. The molecule has 3 aromatic heterocycles. The van der Waals surface area contributed by atoms with E-state index in [1.165, 1.54) is 11.3 Å². The fourth-order valence-corrected chi connectivity index (χ4v) is 2.50. The van der Waals surface area contributed by atoms with Crippen molar-refractivity contribution < 1.29 is 0 Å². The zero-order valence-corrected chi connectivity index (χ0v) is 13.7. The minimum atomic E-state index is 0.0709. The van der Waals surface area contributed by atoms with E-state index in [1.807, 2.05) is 29.2 Å². The van der Waals surface area contributed by atoms with Gasteiger partial charge in [-0.3, -0.25) is 9.67 Å². The Hall–Kier alpha value is -2.47. The summed E-state index contributed by atoms with van der Waals surface area (Å²) in [5.74, 6) is 0.871. The number of pyridine rings is 1. The van der Waals surface area contributed by atoms with E-state index in [0.29, 0.717) is 0 Å². The first-order valence-electron chi connectivity index (χ1n) is 7.71. The van der Waals surface area contributed by atoms with E-state index >= 15 is 0 Å². The van der Waals surface area contributed by atoms with Gasteiger partial charge in [-0.2, -0.15) is 5.10 Å². The molecular formula is C17H22N6. The smallest absolute Gasteiger partial charge is 0.137 e. The van der Waals surface area contributed by atoms with Gasteiger partial charge in [0.2, 0.25) is 0 Å². The first-order valence-corrected chi connectivity index (χ1v) is 7.71. The van der Waals surface area contributed by atoms with Gasteiger partial charge in [0.25, 0.3) is 0 Å². The highest BCUT2D eigenvalue weighted by atomic mass is 15.1. The molecule has 0 radical (unpaired) electrons. The van der Waals surface area contributed by atoms with Crippen LogP contribution in [0, 0.1) is 0 Å². The van der Waals surface area contributed by atoms with Gasteiger partial charge in [-0.05, 0) is 11.6 Å². The van der Waals surface area contributed by atoms with E-state index in [2.05, 4.69) is 52.3 Å². The van der Waals surface area contributed by atoms with Crippen LogP contribution < -0.4 is 5.32 Å². The monoisotopic (exact) mass is 310 g/mol. The van der Waals surface area contributed by atoms with Crippen molar-refractivity contribution in [3.8, 4) is 5.82 Å². The molecule has 0 spiro atoms. The van der Waals surface area contributed by atoms with E-state index in [9.17, 15) is 0 Å². The molecule has 3 rings (SSSR count). The van der Waals surface area contributed by atoms with E-state index in [0.717, 1.165) is 24.5 Å². The molecule has 0 aliphatic rings. The van der Waals surface area contributed by atoms with E-state index in [4.69, 9.17) is 0 Å². The summed E-state index contributed by atoms with van der Waals surface area (Å²) in [7, 11) is 0. The van der Waals surface area contributed by atoms with E-state index in [-0.39, 0.29) is 5.41 Å². The molecule has 6 heteroatoms. The molecule has 0 atom stereocenters. The van der Waals surface area contributed by atoms with Crippen LogP contribution in [-0.4, -0.2) is 24.7 Å². The van der Waals surface area contributed by atoms with Crippen LogP contribution in [0.25, 0.3) is 5.82 Å². The van der Waals surface area contributed by atoms with Crippen LogP contribution in [0.3, 0.4) is 0 Å². The van der Waals surface area contributed by atoms with Gasteiger partial charge >= 0.3 is 0 Å². The summed E-state index contributed by atoms with van der Waals surface area (Å²) in [5.41, 5.74) is 3.61. The van der Waals surface area contributed by atoms with Crippen LogP contribution in [0.4, 0.5) is 0 Å². The van der Waals surface area contributed by atoms with Gasteiger partial charge in [0.05, 0.1) is 6.20 Å². The standard InChI is InChI=1S/C17H22N6/c1-17(2,3)16-14(11-21-22-16)10-19-8-13-4-5-15(20-9-13)23-7-6-18-12-23/h4-7,9,11-12,19H,8,10H2,1-3H3,(H,21,22). The maximum Gasteiger partial charge on any atom is 0.137 e. The number of aromatic amines is 1. The van der Waals surface area contributed by atoms with Crippen LogP contribution in [-0.2, 0) is 18.5 Å². The van der Waals surface area contributed by atoms with Crippen molar-refractivity contribution in [2.45, 2.75) is 39.3 Å². The fourth-order valence-electron chi connectivity index (χ4n) is 2.50. The average Bonchev–Trinajstić information content (AvgIpc) is 3.19. The highest BCUT2D eigenvalue weighted by Crippen LogP contribution is 2.23. The van der Waals surface area contributed by atoms with Crippen molar-refractivity contribution in [3.05, 3.63) is 60.1 Å². The highest BCUT2D eigenvalue weighted by Gasteiger charge is 2.19. The lowest BCUT2D eigenvalue weighted by molar-refractivity contribution is 0.553. The second-order valence-corrected chi connectivity index (χ2v) is 6.62. The van der Waals surface area contributed by atoms with Crippen molar-refractivity contribution in [2.24, 2.45) is 0 Å². The summed E-state index contributed by atoms with van der Waals surface area (Å²) in [5, 5.41) is 10.7. The Morgan fingerprint density at radius 3 is 2.70 bits per heavy atom. The van der Waals surface area contributed by atoms with Crippen molar-refractivity contribution in [1.82, 2.24) is 30.0 Å². The second kappa shape index (κ2) is 6.34. The van der Waals surface area contributed by atoms with Gasteiger partial charge in [-0.15, -0.1) is 0 Å². The van der Waals surface area contributed by atoms with Crippen LogP contribution in [0.1, 0.15) is 37.6 Å². The molecule has 0 amide bonds. The molecule has 0 fully saturated rings. The molecule has 0 unspecified atom stereocenters. The molecule has 120 valence electrons. The highest BCUT2D eigenvalue weighted by molar-refractivity contribution is 5.26. The molecule has 6 nitrogen and oxygen atoms in total. The molecule has 0 saturated carbocycles. The number of rotatable bonds is 5.